The fourth-order valence-corrected chi connectivity index (χ4v) is 3.15. The van der Waals surface area contributed by atoms with Crippen LogP contribution in [0.4, 0.5) is 0 Å². The Morgan fingerprint density at radius 3 is 2.28 bits per heavy atom. The third-order valence-corrected chi connectivity index (χ3v) is 4.64. The van der Waals surface area contributed by atoms with E-state index < -0.39 is 6.04 Å². The van der Waals surface area contributed by atoms with Crippen molar-refractivity contribution >= 4 is 11.8 Å². The SMILES string of the molecule is CCNC(=O)C(CC)N(CCc1ccccc1)C(=O)COc1ccccc1OC. The van der Waals surface area contributed by atoms with Crippen molar-refractivity contribution in [3.05, 3.63) is 60.2 Å². The van der Waals surface area contributed by atoms with Gasteiger partial charge in [-0.3, -0.25) is 9.59 Å². The molecule has 1 atom stereocenters. The van der Waals surface area contributed by atoms with Gasteiger partial charge in [0.2, 0.25) is 5.91 Å². The summed E-state index contributed by atoms with van der Waals surface area (Å²) in [5.41, 5.74) is 1.11. The highest BCUT2D eigenvalue weighted by Crippen LogP contribution is 2.25. The number of hydrogen-bond acceptors (Lipinski definition) is 4. The van der Waals surface area contributed by atoms with E-state index in [4.69, 9.17) is 9.47 Å². The third-order valence-electron chi connectivity index (χ3n) is 4.64. The minimum absolute atomic E-state index is 0.145. The zero-order valence-electron chi connectivity index (χ0n) is 17.4. The molecule has 0 fully saturated rings. The Bertz CT molecular complexity index is 779. The molecule has 0 bridgehead atoms. The van der Waals surface area contributed by atoms with E-state index in [1.165, 1.54) is 0 Å². The second-order valence-electron chi connectivity index (χ2n) is 6.58. The van der Waals surface area contributed by atoms with Crippen molar-refractivity contribution in [2.75, 3.05) is 26.8 Å². The number of rotatable bonds is 11. The number of carbonyl (C=O) groups is 2. The molecule has 0 saturated carbocycles. The van der Waals surface area contributed by atoms with Gasteiger partial charge in [0.15, 0.2) is 18.1 Å². The summed E-state index contributed by atoms with van der Waals surface area (Å²) in [6.45, 7) is 4.57. The van der Waals surface area contributed by atoms with Gasteiger partial charge < -0.3 is 19.7 Å². The van der Waals surface area contributed by atoms with Crippen LogP contribution < -0.4 is 14.8 Å². The summed E-state index contributed by atoms with van der Waals surface area (Å²) in [4.78, 5) is 27.2. The lowest BCUT2D eigenvalue weighted by Gasteiger charge is -2.30. The molecule has 0 saturated heterocycles. The molecule has 1 N–H and O–H groups in total. The Morgan fingerprint density at radius 2 is 1.66 bits per heavy atom. The molecule has 156 valence electrons. The number of ether oxygens (including phenoxy) is 2. The Labute approximate surface area is 172 Å². The number of nitrogens with zero attached hydrogens (tertiary/aromatic N) is 1. The summed E-state index contributed by atoms with van der Waals surface area (Å²) in [7, 11) is 1.55. The summed E-state index contributed by atoms with van der Waals surface area (Å²) in [5.74, 6) is 0.683. The molecule has 0 radical (unpaired) electrons. The van der Waals surface area contributed by atoms with E-state index in [1.807, 2.05) is 56.3 Å². The molecule has 0 aliphatic rings. The van der Waals surface area contributed by atoms with Crippen molar-refractivity contribution in [3.63, 3.8) is 0 Å². The van der Waals surface area contributed by atoms with Gasteiger partial charge in [0, 0.05) is 13.1 Å². The Balaban J connectivity index is 2.13. The maximum Gasteiger partial charge on any atom is 0.261 e. The highest BCUT2D eigenvalue weighted by molar-refractivity contribution is 5.88. The molecular formula is C23H30N2O4. The molecule has 0 spiro atoms. The van der Waals surface area contributed by atoms with Crippen LogP contribution in [0.3, 0.4) is 0 Å². The lowest BCUT2D eigenvalue weighted by Crippen LogP contribution is -2.51. The van der Waals surface area contributed by atoms with E-state index in [1.54, 1.807) is 24.1 Å². The topological polar surface area (TPSA) is 67.9 Å². The molecule has 2 aromatic carbocycles. The number of benzene rings is 2. The summed E-state index contributed by atoms with van der Waals surface area (Å²) in [6.07, 6.45) is 1.19. The van der Waals surface area contributed by atoms with Gasteiger partial charge in [-0.2, -0.15) is 0 Å². The van der Waals surface area contributed by atoms with Crippen molar-refractivity contribution in [2.24, 2.45) is 0 Å². The van der Waals surface area contributed by atoms with Crippen LogP contribution in [0.1, 0.15) is 25.8 Å². The first-order valence-corrected chi connectivity index (χ1v) is 9.97. The van der Waals surface area contributed by atoms with Gasteiger partial charge in [0.1, 0.15) is 6.04 Å². The predicted octanol–water partition coefficient (Wildman–Crippen LogP) is 3.06. The molecule has 0 aliphatic carbocycles. The lowest BCUT2D eigenvalue weighted by molar-refractivity contribution is -0.142. The highest BCUT2D eigenvalue weighted by Gasteiger charge is 2.28. The fourth-order valence-electron chi connectivity index (χ4n) is 3.15. The quantitative estimate of drug-likeness (QED) is 0.632. The fraction of sp³-hybridized carbons (Fsp3) is 0.391. The number of para-hydroxylation sites is 2. The van der Waals surface area contributed by atoms with Gasteiger partial charge >= 0.3 is 0 Å². The maximum atomic E-state index is 13.0. The van der Waals surface area contributed by atoms with Crippen LogP contribution in [0.25, 0.3) is 0 Å². The van der Waals surface area contributed by atoms with Crippen LogP contribution in [-0.4, -0.2) is 49.6 Å². The summed E-state index contributed by atoms with van der Waals surface area (Å²) in [6, 6.07) is 16.6. The molecule has 6 heteroatoms. The van der Waals surface area contributed by atoms with Crippen LogP contribution in [0, 0.1) is 0 Å². The highest BCUT2D eigenvalue weighted by atomic mass is 16.5. The molecular weight excluding hydrogens is 368 g/mol. The largest absolute Gasteiger partial charge is 0.493 e. The van der Waals surface area contributed by atoms with Crippen molar-refractivity contribution in [2.45, 2.75) is 32.7 Å². The van der Waals surface area contributed by atoms with Gasteiger partial charge in [0.05, 0.1) is 7.11 Å². The van der Waals surface area contributed by atoms with Gasteiger partial charge in [-0.15, -0.1) is 0 Å². The predicted molar refractivity (Wildman–Crippen MR) is 113 cm³/mol. The van der Waals surface area contributed by atoms with E-state index in [-0.39, 0.29) is 18.4 Å². The maximum absolute atomic E-state index is 13.0. The first kappa shape index (κ1) is 22.3. The van der Waals surface area contributed by atoms with Crippen molar-refractivity contribution in [1.29, 1.82) is 0 Å². The molecule has 2 rings (SSSR count). The molecule has 6 nitrogen and oxygen atoms in total. The standard InChI is InChI=1S/C23H30N2O4/c1-4-19(23(27)24-5-2)25(16-15-18-11-7-6-8-12-18)22(26)17-29-21-14-10-9-13-20(21)28-3/h6-14,19H,4-5,15-17H2,1-3H3,(H,24,27). The minimum atomic E-state index is -0.535. The number of amides is 2. The van der Waals surface area contributed by atoms with Gasteiger partial charge in [-0.05, 0) is 37.5 Å². The minimum Gasteiger partial charge on any atom is -0.493 e. The van der Waals surface area contributed by atoms with Crippen LogP contribution >= 0.6 is 0 Å². The molecule has 2 aromatic rings. The molecule has 2 amide bonds. The van der Waals surface area contributed by atoms with Gasteiger partial charge in [-0.1, -0.05) is 49.4 Å². The van der Waals surface area contributed by atoms with E-state index in [2.05, 4.69) is 5.32 Å². The first-order valence-electron chi connectivity index (χ1n) is 9.97. The van der Waals surface area contributed by atoms with Gasteiger partial charge in [-0.25, -0.2) is 0 Å². The molecule has 1 unspecified atom stereocenters. The van der Waals surface area contributed by atoms with Crippen LogP contribution in [0.15, 0.2) is 54.6 Å². The third kappa shape index (κ3) is 6.52. The van der Waals surface area contributed by atoms with Crippen LogP contribution in [-0.2, 0) is 16.0 Å². The molecule has 29 heavy (non-hydrogen) atoms. The van der Waals surface area contributed by atoms with E-state index in [0.29, 0.717) is 37.4 Å². The van der Waals surface area contributed by atoms with Crippen molar-refractivity contribution < 1.29 is 19.1 Å². The van der Waals surface area contributed by atoms with E-state index in [9.17, 15) is 9.59 Å². The van der Waals surface area contributed by atoms with E-state index >= 15 is 0 Å². The normalized spacial score (nSPS) is 11.4. The average Bonchev–Trinajstić information content (AvgIpc) is 2.75. The Morgan fingerprint density at radius 1 is 1.00 bits per heavy atom. The molecule has 0 heterocycles. The van der Waals surface area contributed by atoms with Gasteiger partial charge in [0.25, 0.3) is 5.91 Å². The Hall–Kier alpha value is -3.02. The van der Waals surface area contributed by atoms with E-state index in [0.717, 1.165) is 5.56 Å². The number of likely N-dealkylation sites (N-methyl/N-ethyl adjacent to an activating group) is 1. The molecule has 0 aromatic heterocycles. The number of nitrogens with one attached hydrogen (secondary N) is 1. The van der Waals surface area contributed by atoms with Crippen molar-refractivity contribution in [1.82, 2.24) is 10.2 Å². The van der Waals surface area contributed by atoms with Crippen LogP contribution in [0.2, 0.25) is 0 Å². The Kier molecular flexibility index (Phi) is 9.02. The zero-order valence-corrected chi connectivity index (χ0v) is 17.4. The monoisotopic (exact) mass is 398 g/mol. The smallest absolute Gasteiger partial charge is 0.261 e. The summed E-state index contributed by atoms with van der Waals surface area (Å²) < 4.78 is 11.0. The number of methoxy groups -OCH3 is 1. The average molecular weight is 399 g/mol. The second-order valence-corrected chi connectivity index (χ2v) is 6.58. The number of hydrogen-bond donors (Lipinski definition) is 1. The zero-order chi connectivity index (χ0) is 21.1. The molecule has 0 aliphatic heterocycles. The second kappa shape index (κ2) is 11.7. The number of carbonyl (C=O) groups excluding carboxylic acids is 2. The van der Waals surface area contributed by atoms with Crippen LogP contribution in [0.5, 0.6) is 11.5 Å². The first-order chi connectivity index (χ1) is 14.1. The summed E-state index contributed by atoms with van der Waals surface area (Å²) >= 11 is 0. The lowest BCUT2D eigenvalue weighted by atomic mass is 10.1. The van der Waals surface area contributed by atoms with Crippen molar-refractivity contribution in [3.8, 4) is 11.5 Å². The summed E-state index contributed by atoms with van der Waals surface area (Å²) in [5, 5.41) is 2.83.